The maximum Gasteiger partial charge on any atom is 0.419 e. The number of halogens is 3. The fourth-order valence-electron chi connectivity index (χ4n) is 3.47. The highest BCUT2D eigenvalue weighted by atomic mass is 19.4. The molecule has 2 heterocycles. The van der Waals surface area contributed by atoms with E-state index < -0.39 is 11.7 Å². The molecule has 2 fully saturated rings. The third kappa shape index (κ3) is 4.20. The Morgan fingerprint density at radius 3 is 2.32 bits per heavy atom. The van der Waals surface area contributed by atoms with Gasteiger partial charge in [-0.25, -0.2) is 9.97 Å². The molecule has 0 spiro atoms. The van der Waals surface area contributed by atoms with Crippen molar-refractivity contribution >= 4 is 11.9 Å². The molecular weight excluding hydrogens is 335 g/mol. The van der Waals surface area contributed by atoms with Crippen LogP contribution in [0.4, 0.5) is 19.1 Å². The van der Waals surface area contributed by atoms with Gasteiger partial charge in [-0.2, -0.15) is 13.2 Å². The summed E-state index contributed by atoms with van der Waals surface area (Å²) >= 11 is 0. The van der Waals surface area contributed by atoms with Crippen LogP contribution in [0.2, 0.25) is 0 Å². The van der Waals surface area contributed by atoms with E-state index in [1.54, 1.807) is 4.90 Å². The molecule has 138 valence electrons. The van der Waals surface area contributed by atoms with Crippen molar-refractivity contribution in [2.45, 2.75) is 37.9 Å². The van der Waals surface area contributed by atoms with Gasteiger partial charge in [-0.3, -0.25) is 4.79 Å². The number of hydrogen-bond donors (Lipinski definition) is 1. The van der Waals surface area contributed by atoms with E-state index in [1.807, 2.05) is 4.90 Å². The molecule has 2 aliphatic rings. The van der Waals surface area contributed by atoms with Gasteiger partial charge in [0.15, 0.2) is 0 Å². The lowest BCUT2D eigenvalue weighted by Gasteiger charge is -2.37. The van der Waals surface area contributed by atoms with Crippen LogP contribution in [0.5, 0.6) is 0 Å². The average molecular weight is 357 g/mol. The third-order valence-electron chi connectivity index (χ3n) is 4.90. The molecule has 1 aromatic rings. The Kier molecular flexibility index (Phi) is 5.12. The van der Waals surface area contributed by atoms with Gasteiger partial charge in [-0.15, -0.1) is 0 Å². The predicted molar refractivity (Wildman–Crippen MR) is 85.8 cm³/mol. The van der Waals surface area contributed by atoms with Crippen molar-refractivity contribution in [2.24, 2.45) is 11.7 Å². The van der Waals surface area contributed by atoms with E-state index in [0.717, 1.165) is 38.1 Å². The van der Waals surface area contributed by atoms with Gasteiger partial charge in [0.1, 0.15) is 0 Å². The van der Waals surface area contributed by atoms with Gasteiger partial charge in [0.2, 0.25) is 11.9 Å². The van der Waals surface area contributed by atoms with Crippen molar-refractivity contribution in [1.82, 2.24) is 14.9 Å². The van der Waals surface area contributed by atoms with Crippen molar-refractivity contribution in [1.29, 1.82) is 0 Å². The molecule has 25 heavy (non-hydrogen) atoms. The van der Waals surface area contributed by atoms with Crippen molar-refractivity contribution in [3.05, 3.63) is 18.0 Å². The highest BCUT2D eigenvalue weighted by Gasteiger charge is 2.33. The predicted octanol–water partition coefficient (Wildman–Crippen LogP) is 1.66. The van der Waals surface area contributed by atoms with E-state index in [1.165, 1.54) is 0 Å². The summed E-state index contributed by atoms with van der Waals surface area (Å²) in [5.41, 5.74) is 5.10. The van der Waals surface area contributed by atoms with Crippen molar-refractivity contribution in [2.75, 3.05) is 31.1 Å². The number of alkyl halides is 3. The molecule has 0 radical (unpaired) electrons. The van der Waals surface area contributed by atoms with Crippen LogP contribution in [0.1, 0.15) is 31.2 Å². The fraction of sp³-hybridized carbons (Fsp3) is 0.688. The van der Waals surface area contributed by atoms with Gasteiger partial charge >= 0.3 is 6.18 Å². The van der Waals surface area contributed by atoms with Crippen LogP contribution in [0, 0.1) is 5.92 Å². The Morgan fingerprint density at radius 2 is 1.76 bits per heavy atom. The summed E-state index contributed by atoms with van der Waals surface area (Å²) in [6.45, 7) is 2.07. The first-order chi connectivity index (χ1) is 11.8. The number of hydrogen-bond acceptors (Lipinski definition) is 5. The van der Waals surface area contributed by atoms with Crippen LogP contribution in [0.25, 0.3) is 0 Å². The molecule has 0 unspecified atom stereocenters. The topological polar surface area (TPSA) is 75.4 Å². The lowest BCUT2D eigenvalue weighted by Crippen LogP contribution is -2.51. The molecule has 3 rings (SSSR count). The van der Waals surface area contributed by atoms with Gasteiger partial charge in [-0.05, 0) is 19.3 Å². The SMILES string of the molecule is N[C@H]1CCC[C@H](C(=O)N2CCN(c3ncc(C(F)(F)F)cn3)CC2)C1. The minimum absolute atomic E-state index is 0.00220. The first kappa shape index (κ1) is 17.9. The molecule has 1 aliphatic carbocycles. The number of amides is 1. The second kappa shape index (κ2) is 7.15. The van der Waals surface area contributed by atoms with E-state index in [2.05, 4.69) is 9.97 Å². The number of carbonyl (C=O) groups excluding carboxylic acids is 1. The highest BCUT2D eigenvalue weighted by Crippen LogP contribution is 2.29. The number of nitrogens with two attached hydrogens (primary N) is 1. The van der Waals surface area contributed by atoms with Crippen LogP contribution in [0.15, 0.2) is 12.4 Å². The minimum atomic E-state index is -4.44. The molecule has 6 nitrogen and oxygen atoms in total. The second-order valence-electron chi connectivity index (χ2n) is 6.71. The molecule has 1 amide bonds. The Balaban J connectivity index is 1.55. The summed E-state index contributed by atoms with van der Waals surface area (Å²) in [5.74, 6) is 0.403. The van der Waals surface area contributed by atoms with Crippen LogP contribution < -0.4 is 10.6 Å². The number of rotatable bonds is 2. The number of anilines is 1. The highest BCUT2D eigenvalue weighted by molar-refractivity contribution is 5.79. The van der Waals surface area contributed by atoms with E-state index in [-0.39, 0.29) is 23.8 Å². The van der Waals surface area contributed by atoms with Gasteiger partial charge in [-0.1, -0.05) is 6.42 Å². The van der Waals surface area contributed by atoms with Gasteiger partial charge in [0.05, 0.1) is 5.56 Å². The number of carbonyl (C=O) groups is 1. The van der Waals surface area contributed by atoms with E-state index in [0.29, 0.717) is 26.2 Å². The zero-order chi connectivity index (χ0) is 18.0. The zero-order valence-electron chi connectivity index (χ0n) is 13.9. The molecule has 2 atom stereocenters. The molecule has 0 aromatic carbocycles. The summed E-state index contributed by atoms with van der Waals surface area (Å²) in [4.78, 5) is 23.8. The Morgan fingerprint density at radius 1 is 1.12 bits per heavy atom. The lowest BCUT2D eigenvalue weighted by atomic mass is 9.85. The maximum absolute atomic E-state index is 12.6. The summed E-state index contributed by atoms with van der Waals surface area (Å²) in [7, 11) is 0. The van der Waals surface area contributed by atoms with Crippen molar-refractivity contribution < 1.29 is 18.0 Å². The molecule has 0 bridgehead atoms. The second-order valence-corrected chi connectivity index (χ2v) is 6.71. The largest absolute Gasteiger partial charge is 0.419 e. The number of aromatic nitrogens is 2. The van der Waals surface area contributed by atoms with Crippen LogP contribution >= 0.6 is 0 Å². The quantitative estimate of drug-likeness (QED) is 0.871. The minimum Gasteiger partial charge on any atom is -0.339 e. The van der Waals surface area contributed by atoms with Gasteiger partial charge in [0.25, 0.3) is 0 Å². The number of piperazine rings is 1. The third-order valence-corrected chi connectivity index (χ3v) is 4.90. The molecule has 9 heteroatoms. The Bertz CT molecular complexity index is 599. The maximum atomic E-state index is 12.6. The van der Waals surface area contributed by atoms with Crippen LogP contribution in [-0.4, -0.2) is 53.0 Å². The van der Waals surface area contributed by atoms with Crippen molar-refractivity contribution in [3.8, 4) is 0 Å². The summed E-state index contributed by atoms with van der Waals surface area (Å²) in [6, 6.07) is 0.101. The number of nitrogens with zero attached hydrogens (tertiary/aromatic N) is 4. The summed E-state index contributed by atoms with van der Waals surface area (Å²) in [6.07, 6.45) is 0.729. The van der Waals surface area contributed by atoms with E-state index in [9.17, 15) is 18.0 Å². The monoisotopic (exact) mass is 357 g/mol. The molecule has 2 N–H and O–H groups in total. The first-order valence-corrected chi connectivity index (χ1v) is 8.53. The smallest absolute Gasteiger partial charge is 0.339 e. The standard InChI is InChI=1S/C16H22F3N5O/c17-16(18,19)12-9-21-15(22-10-12)24-6-4-23(5-7-24)14(25)11-2-1-3-13(20)8-11/h9-11,13H,1-8,20H2/t11-,13-/m0/s1. The molecule has 1 aliphatic heterocycles. The van der Waals surface area contributed by atoms with Crippen LogP contribution in [0.3, 0.4) is 0 Å². The Hall–Kier alpha value is -1.90. The molecule has 1 aromatic heterocycles. The first-order valence-electron chi connectivity index (χ1n) is 8.53. The summed E-state index contributed by atoms with van der Waals surface area (Å²) < 4.78 is 37.7. The molecule has 1 saturated heterocycles. The van der Waals surface area contributed by atoms with Gasteiger partial charge in [0, 0.05) is 50.5 Å². The fourth-order valence-corrected chi connectivity index (χ4v) is 3.47. The summed E-state index contributed by atoms with van der Waals surface area (Å²) in [5, 5.41) is 0. The average Bonchev–Trinajstić information content (AvgIpc) is 2.61. The normalized spacial score (nSPS) is 25.1. The molecular formula is C16H22F3N5O. The zero-order valence-corrected chi connectivity index (χ0v) is 13.9. The van der Waals surface area contributed by atoms with Crippen molar-refractivity contribution in [3.63, 3.8) is 0 Å². The molecule has 1 saturated carbocycles. The van der Waals surface area contributed by atoms with E-state index >= 15 is 0 Å². The van der Waals surface area contributed by atoms with E-state index in [4.69, 9.17) is 5.73 Å². The lowest BCUT2D eigenvalue weighted by molar-refractivity contribution is -0.138. The Labute approximate surface area is 144 Å². The van der Waals surface area contributed by atoms with Gasteiger partial charge < -0.3 is 15.5 Å². The van der Waals surface area contributed by atoms with Crippen LogP contribution in [-0.2, 0) is 11.0 Å².